The van der Waals surface area contributed by atoms with E-state index in [4.69, 9.17) is 14.5 Å². The number of pyridine rings is 1. The molecule has 0 atom stereocenters. The van der Waals surface area contributed by atoms with Crippen LogP contribution < -0.4 is 15.4 Å². The molecule has 0 aliphatic carbocycles. The van der Waals surface area contributed by atoms with Crippen LogP contribution in [0.5, 0.6) is 5.75 Å². The standard InChI is InChI=1S/C24H35N5O2/c1-4-25-23(28-19-24(2,3)29-13-15-30-16-14-29)27-17-20-8-10-22(11-9-20)31-18-21-7-5-6-12-26-21/h5-12H,4,13-19H2,1-3H3,(H2,25,27,28). The van der Waals surface area contributed by atoms with Crippen molar-refractivity contribution in [3.05, 3.63) is 59.9 Å². The Bertz CT molecular complexity index is 802. The Labute approximate surface area is 185 Å². The second kappa shape index (κ2) is 11.7. The van der Waals surface area contributed by atoms with Crippen molar-refractivity contribution in [3.8, 4) is 5.75 Å². The molecule has 7 nitrogen and oxygen atoms in total. The summed E-state index contributed by atoms with van der Waals surface area (Å²) >= 11 is 0. The Morgan fingerprint density at radius 1 is 1.13 bits per heavy atom. The third-order valence-electron chi connectivity index (χ3n) is 5.36. The van der Waals surface area contributed by atoms with E-state index in [0.717, 1.165) is 62.4 Å². The van der Waals surface area contributed by atoms with Crippen molar-refractivity contribution in [1.82, 2.24) is 20.5 Å². The van der Waals surface area contributed by atoms with E-state index < -0.39 is 0 Å². The van der Waals surface area contributed by atoms with Crippen LogP contribution in [0.25, 0.3) is 0 Å². The first kappa shape index (κ1) is 23.0. The monoisotopic (exact) mass is 425 g/mol. The van der Waals surface area contributed by atoms with E-state index in [9.17, 15) is 0 Å². The Hall–Kier alpha value is -2.64. The third-order valence-corrected chi connectivity index (χ3v) is 5.36. The summed E-state index contributed by atoms with van der Waals surface area (Å²) in [6.45, 7) is 12.9. The van der Waals surface area contributed by atoms with Crippen molar-refractivity contribution in [2.24, 2.45) is 4.99 Å². The maximum absolute atomic E-state index is 5.81. The molecule has 31 heavy (non-hydrogen) atoms. The highest BCUT2D eigenvalue weighted by Gasteiger charge is 2.28. The van der Waals surface area contributed by atoms with Crippen LogP contribution in [0, 0.1) is 0 Å². The summed E-state index contributed by atoms with van der Waals surface area (Å²) < 4.78 is 11.3. The van der Waals surface area contributed by atoms with Gasteiger partial charge in [-0.25, -0.2) is 4.99 Å². The van der Waals surface area contributed by atoms with Gasteiger partial charge in [0.25, 0.3) is 0 Å². The summed E-state index contributed by atoms with van der Waals surface area (Å²) in [6, 6.07) is 13.9. The van der Waals surface area contributed by atoms with Gasteiger partial charge in [0.2, 0.25) is 0 Å². The van der Waals surface area contributed by atoms with Gasteiger partial charge in [-0.05, 0) is 50.6 Å². The second-order valence-corrected chi connectivity index (χ2v) is 8.21. The molecule has 2 N–H and O–H groups in total. The smallest absolute Gasteiger partial charge is 0.191 e. The Morgan fingerprint density at radius 3 is 2.58 bits per heavy atom. The summed E-state index contributed by atoms with van der Waals surface area (Å²) in [5.74, 6) is 1.66. The Balaban J connectivity index is 1.51. The number of hydrogen-bond acceptors (Lipinski definition) is 5. The van der Waals surface area contributed by atoms with Crippen LogP contribution in [0.2, 0.25) is 0 Å². The molecule has 2 heterocycles. The van der Waals surface area contributed by atoms with Crippen LogP contribution in [-0.4, -0.2) is 60.8 Å². The minimum absolute atomic E-state index is 0.0343. The minimum Gasteiger partial charge on any atom is -0.487 e. The Morgan fingerprint density at radius 2 is 1.90 bits per heavy atom. The molecule has 1 aromatic heterocycles. The van der Waals surface area contributed by atoms with Crippen molar-refractivity contribution in [2.45, 2.75) is 39.5 Å². The van der Waals surface area contributed by atoms with Gasteiger partial charge < -0.3 is 20.1 Å². The molecule has 1 aromatic carbocycles. The Kier molecular flexibility index (Phi) is 8.67. The lowest BCUT2D eigenvalue weighted by Gasteiger charge is -2.41. The average molecular weight is 426 g/mol. The highest BCUT2D eigenvalue weighted by Crippen LogP contribution is 2.16. The summed E-state index contributed by atoms with van der Waals surface area (Å²) in [5, 5.41) is 6.85. The van der Waals surface area contributed by atoms with E-state index in [2.05, 4.69) is 53.4 Å². The number of benzene rings is 1. The highest BCUT2D eigenvalue weighted by molar-refractivity contribution is 5.79. The minimum atomic E-state index is 0.0343. The molecular weight excluding hydrogens is 390 g/mol. The van der Waals surface area contributed by atoms with E-state index >= 15 is 0 Å². The third kappa shape index (κ3) is 7.52. The van der Waals surface area contributed by atoms with E-state index in [-0.39, 0.29) is 5.54 Å². The molecule has 0 bridgehead atoms. The highest BCUT2D eigenvalue weighted by atomic mass is 16.5. The number of nitrogens with one attached hydrogen (secondary N) is 2. The molecule has 1 aliphatic heterocycles. The molecule has 7 heteroatoms. The molecule has 2 aromatic rings. The topological polar surface area (TPSA) is 71.0 Å². The largest absolute Gasteiger partial charge is 0.487 e. The van der Waals surface area contributed by atoms with Gasteiger partial charge in [0, 0.05) is 37.9 Å². The van der Waals surface area contributed by atoms with E-state index in [1.165, 1.54) is 0 Å². The van der Waals surface area contributed by atoms with Crippen LogP contribution in [-0.2, 0) is 17.9 Å². The predicted molar refractivity (Wildman–Crippen MR) is 124 cm³/mol. The van der Waals surface area contributed by atoms with Crippen LogP contribution in [0.4, 0.5) is 0 Å². The van der Waals surface area contributed by atoms with Gasteiger partial charge in [-0.2, -0.15) is 0 Å². The van der Waals surface area contributed by atoms with E-state index in [1.807, 2.05) is 30.3 Å². The van der Waals surface area contributed by atoms with Crippen molar-refractivity contribution in [1.29, 1.82) is 0 Å². The normalized spacial score (nSPS) is 15.5. The van der Waals surface area contributed by atoms with Crippen LogP contribution >= 0.6 is 0 Å². The molecule has 0 saturated carbocycles. The quantitative estimate of drug-likeness (QED) is 0.476. The van der Waals surface area contributed by atoms with Gasteiger partial charge in [0.15, 0.2) is 5.96 Å². The molecule has 0 amide bonds. The first-order valence-corrected chi connectivity index (χ1v) is 11.0. The summed E-state index contributed by atoms with van der Waals surface area (Å²) in [4.78, 5) is 11.5. The zero-order chi connectivity index (χ0) is 21.9. The number of morpholine rings is 1. The average Bonchev–Trinajstić information content (AvgIpc) is 2.81. The van der Waals surface area contributed by atoms with Crippen molar-refractivity contribution >= 4 is 5.96 Å². The zero-order valence-corrected chi connectivity index (χ0v) is 18.9. The number of aliphatic imine (C=N–C) groups is 1. The molecule has 1 saturated heterocycles. The summed E-state index contributed by atoms with van der Waals surface area (Å²) in [7, 11) is 0. The zero-order valence-electron chi connectivity index (χ0n) is 18.9. The number of nitrogens with zero attached hydrogens (tertiary/aromatic N) is 3. The van der Waals surface area contributed by atoms with E-state index in [0.29, 0.717) is 13.2 Å². The lowest BCUT2D eigenvalue weighted by Crippen LogP contribution is -2.56. The van der Waals surface area contributed by atoms with E-state index in [1.54, 1.807) is 6.20 Å². The SMILES string of the molecule is CCNC(=NCc1ccc(OCc2ccccn2)cc1)NCC(C)(C)N1CCOCC1. The molecule has 3 rings (SSSR count). The molecule has 0 spiro atoms. The number of aromatic nitrogens is 1. The molecule has 168 valence electrons. The number of ether oxygens (including phenoxy) is 2. The van der Waals surface area contributed by atoms with Gasteiger partial charge in [0.05, 0.1) is 25.5 Å². The fourth-order valence-electron chi connectivity index (χ4n) is 3.42. The predicted octanol–water partition coefficient (Wildman–Crippen LogP) is 2.83. The number of guanidine groups is 1. The van der Waals surface area contributed by atoms with Gasteiger partial charge in [-0.1, -0.05) is 18.2 Å². The molecule has 1 aliphatic rings. The lowest BCUT2D eigenvalue weighted by atomic mass is 10.0. The molecule has 0 unspecified atom stereocenters. The van der Waals surface area contributed by atoms with Crippen LogP contribution in [0.1, 0.15) is 32.0 Å². The first-order chi connectivity index (χ1) is 15.1. The fraction of sp³-hybridized carbons (Fsp3) is 0.500. The summed E-state index contributed by atoms with van der Waals surface area (Å²) in [5.41, 5.74) is 2.08. The maximum atomic E-state index is 5.81. The van der Waals surface area contributed by atoms with Gasteiger partial charge >= 0.3 is 0 Å². The maximum Gasteiger partial charge on any atom is 0.191 e. The van der Waals surface area contributed by atoms with Crippen LogP contribution in [0.3, 0.4) is 0 Å². The van der Waals surface area contributed by atoms with Crippen molar-refractivity contribution in [3.63, 3.8) is 0 Å². The lowest BCUT2D eigenvalue weighted by molar-refractivity contribution is -0.00834. The van der Waals surface area contributed by atoms with Gasteiger partial charge in [-0.3, -0.25) is 9.88 Å². The first-order valence-electron chi connectivity index (χ1n) is 11.0. The molecule has 0 radical (unpaired) electrons. The number of rotatable bonds is 9. The van der Waals surface area contributed by atoms with Crippen LogP contribution in [0.15, 0.2) is 53.7 Å². The second-order valence-electron chi connectivity index (χ2n) is 8.21. The summed E-state index contributed by atoms with van der Waals surface area (Å²) in [6.07, 6.45) is 1.78. The molecule has 1 fully saturated rings. The van der Waals surface area contributed by atoms with Crippen molar-refractivity contribution in [2.75, 3.05) is 39.4 Å². The van der Waals surface area contributed by atoms with Gasteiger partial charge in [-0.15, -0.1) is 0 Å². The molecular formula is C24H35N5O2. The van der Waals surface area contributed by atoms with Crippen molar-refractivity contribution < 1.29 is 9.47 Å². The number of hydrogen-bond donors (Lipinski definition) is 2. The van der Waals surface area contributed by atoms with Gasteiger partial charge in [0.1, 0.15) is 12.4 Å². The fourth-order valence-corrected chi connectivity index (χ4v) is 3.42.